The monoisotopic (exact) mass is 376 g/mol. The molecule has 0 spiro atoms. The third kappa shape index (κ3) is 4.98. The molecule has 0 saturated carbocycles. The average molecular weight is 376 g/mol. The number of hydrogen-bond donors (Lipinski definition) is 2. The summed E-state index contributed by atoms with van der Waals surface area (Å²) in [7, 11) is 0. The number of ether oxygens (including phenoxy) is 1. The number of carboxylic acids is 1. The summed E-state index contributed by atoms with van der Waals surface area (Å²) in [5.74, 6) is -2.59. The van der Waals surface area contributed by atoms with Gasteiger partial charge in [0.1, 0.15) is 17.3 Å². The number of carboxylic acid groups (broad SMARTS) is 1. The maximum Gasteiger partial charge on any atom is 0.328 e. The Hall–Kier alpha value is -3.07. The van der Waals surface area contributed by atoms with Crippen LogP contribution in [0.1, 0.15) is 36.2 Å². The van der Waals surface area contributed by atoms with Gasteiger partial charge in [0.2, 0.25) is 5.82 Å². The van der Waals surface area contributed by atoms with Crippen LogP contribution in [0.2, 0.25) is 0 Å². The number of aromatic nitrogens is 3. The van der Waals surface area contributed by atoms with Gasteiger partial charge in [0.05, 0.1) is 13.2 Å². The molecule has 144 valence electrons. The van der Waals surface area contributed by atoms with Gasteiger partial charge < -0.3 is 15.2 Å². The van der Waals surface area contributed by atoms with Crippen LogP contribution >= 0.6 is 0 Å². The maximum absolute atomic E-state index is 14.1. The molecular formula is C18H21FN4O4. The molecule has 0 aliphatic heterocycles. The van der Waals surface area contributed by atoms with E-state index in [1.807, 2.05) is 13.8 Å². The minimum Gasteiger partial charge on any atom is -0.480 e. The fourth-order valence-electron chi connectivity index (χ4n) is 2.26. The van der Waals surface area contributed by atoms with Crippen LogP contribution in [-0.4, -0.2) is 51.0 Å². The van der Waals surface area contributed by atoms with Crippen molar-refractivity contribution < 1.29 is 23.8 Å². The van der Waals surface area contributed by atoms with E-state index in [2.05, 4.69) is 22.0 Å². The predicted molar refractivity (Wildman–Crippen MR) is 95.3 cm³/mol. The van der Waals surface area contributed by atoms with Gasteiger partial charge in [-0.1, -0.05) is 32.1 Å². The molecule has 0 saturated heterocycles. The SMILES string of the molecule is C=CCOCC(NC(=O)c1nc(C(C)C)n(-c2ccccc2F)n1)C(=O)O. The van der Waals surface area contributed by atoms with Crippen LogP contribution in [0.5, 0.6) is 0 Å². The van der Waals surface area contributed by atoms with E-state index in [0.29, 0.717) is 5.82 Å². The molecule has 0 radical (unpaired) electrons. The number of carbonyl (C=O) groups excluding carboxylic acids is 1. The lowest BCUT2D eigenvalue weighted by atomic mass is 10.2. The van der Waals surface area contributed by atoms with Crippen LogP contribution in [0, 0.1) is 5.82 Å². The van der Waals surface area contributed by atoms with E-state index in [4.69, 9.17) is 4.74 Å². The number of para-hydroxylation sites is 1. The van der Waals surface area contributed by atoms with Gasteiger partial charge in [-0.15, -0.1) is 11.7 Å². The first-order valence-electron chi connectivity index (χ1n) is 8.29. The first-order valence-corrected chi connectivity index (χ1v) is 8.29. The second-order valence-electron chi connectivity index (χ2n) is 6.00. The topological polar surface area (TPSA) is 106 Å². The van der Waals surface area contributed by atoms with Crippen molar-refractivity contribution in [2.75, 3.05) is 13.2 Å². The standard InChI is InChI=1S/C18H21FN4O4/c1-4-9-27-10-13(18(25)26)20-17(24)15-21-16(11(2)3)23(22-15)14-8-6-5-7-12(14)19/h4-8,11,13H,1,9-10H2,2-3H3,(H,20,24)(H,25,26). The minimum absolute atomic E-state index is 0.148. The molecule has 1 heterocycles. The molecule has 2 rings (SSSR count). The number of rotatable bonds is 9. The van der Waals surface area contributed by atoms with E-state index in [1.54, 1.807) is 12.1 Å². The molecule has 1 aromatic heterocycles. The number of halogens is 1. The molecule has 2 aromatic rings. The summed E-state index contributed by atoms with van der Waals surface area (Å²) in [5, 5.41) is 15.6. The van der Waals surface area contributed by atoms with E-state index < -0.39 is 23.7 Å². The van der Waals surface area contributed by atoms with E-state index in [0.717, 1.165) is 0 Å². The minimum atomic E-state index is -1.28. The quantitative estimate of drug-likeness (QED) is 0.512. The molecule has 2 N–H and O–H groups in total. The maximum atomic E-state index is 14.1. The number of nitrogens with one attached hydrogen (secondary N) is 1. The summed E-state index contributed by atoms with van der Waals surface area (Å²) in [6.07, 6.45) is 1.47. The summed E-state index contributed by atoms with van der Waals surface area (Å²) in [6, 6.07) is 4.69. The van der Waals surface area contributed by atoms with Crippen molar-refractivity contribution >= 4 is 11.9 Å². The average Bonchev–Trinajstić information content (AvgIpc) is 3.06. The molecule has 0 fully saturated rings. The van der Waals surface area contributed by atoms with E-state index in [9.17, 15) is 19.1 Å². The Morgan fingerprint density at radius 1 is 1.41 bits per heavy atom. The Balaban J connectivity index is 2.29. The smallest absolute Gasteiger partial charge is 0.328 e. The summed E-state index contributed by atoms with van der Waals surface area (Å²) < 4.78 is 20.5. The summed E-state index contributed by atoms with van der Waals surface area (Å²) in [5.41, 5.74) is 0.150. The molecule has 1 aromatic carbocycles. The third-order valence-electron chi connectivity index (χ3n) is 3.56. The van der Waals surface area contributed by atoms with Crippen molar-refractivity contribution in [3.8, 4) is 5.69 Å². The Morgan fingerprint density at radius 2 is 2.11 bits per heavy atom. The van der Waals surface area contributed by atoms with E-state index in [1.165, 1.54) is 22.9 Å². The zero-order chi connectivity index (χ0) is 20.0. The number of hydrogen-bond acceptors (Lipinski definition) is 5. The van der Waals surface area contributed by atoms with Crippen molar-refractivity contribution in [3.63, 3.8) is 0 Å². The normalized spacial score (nSPS) is 12.0. The predicted octanol–water partition coefficient (Wildman–Crippen LogP) is 1.92. The van der Waals surface area contributed by atoms with Crippen LogP contribution in [-0.2, 0) is 9.53 Å². The van der Waals surface area contributed by atoms with Gasteiger partial charge >= 0.3 is 5.97 Å². The Bertz CT molecular complexity index is 835. The number of aliphatic carboxylic acids is 1. The van der Waals surface area contributed by atoms with Crippen molar-refractivity contribution in [2.24, 2.45) is 0 Å². The number of carbonyl (C=O) groups is 2. The lowest BCUT2D eigenvalue weighted by Gasteiger charge is -2.12. The highest BCUT2D eigenvalue weighted by molar-refractivity contribution is 5.93. The third-order valence-corrected chi connectivity index (χ3v) is 3.56. The van der Waals surface area contributed by atoms with Crippen LogP contribution in [0.3, 0.4) is 0 Å². The lowest BCUT2D eigenvalue weighted by Crippen LogP contribution is -2.44. The fourth-order valence-corrected chi connectivity index (χ4v) is 2.26. The Labute approximate surface area is 155 Å². The molecule has 1 amide bonds. The van der Waals surface area contributed by atoms with Crippen LogP contribution in [0.25, 0.3) is 5.69 Å². The second-order valence-corrected chi connectivity index (χ2v) is 6.00. The van der Waals surface area contributed by atoms with Gasteiger partial charge in [-0.25, -0.2) is 18.9 Å². The van der Waals surface area contributed by atoms with E-state index in [-0.39, 0.29) is 30.6 Å². The number of amides is 1. The summed E-state index contributed by atoms with van der Waals surface area (Å²) in [4.78, 5) is 27.9. The number of benzene rings is 1. The highest BCUT2D eigenvalue weighted by Gasteiger charge is 2.25. The van der Waals surface area contributed by atoms with Gasteiger partial charge in [0, 0.05) is 5.92 Å². The molecule has 0 aliphatic rings. The largest absolute Gasteiger partial charge is 0.480 e. The summed E-state index contributed by atoms with van der Waals surface area (Å²) >= 11 is 0. The molecule has 1 atom stereocenters. The lowest BCUT2D eigenvalue weighted by molar-refractivity contribution is -0.140. The number of nitrogens with zero attached hydrogens (tertiary/aromatic N) is 3. The molecule has 8 nitrogen and oxygen atoms in total. The zero-order valence-corrected chi connectivity index (χ0v) is 15.1. The molecule has 27 heavy (non-hydrogen) atoms. The van der Waals surface area contributed by atoms with Gasteiger partial charge in [-0.05, 0) is 12.1 Å². The Morgan fingerprint density at radius 3 is 2.70 bits per heavy atom. The van der Waals surface area contributed by atoms with Gasteiger partial charge in [0.15, 0.2) is 6.04 Å². The van der Waals surface area contributed by atoms with Crippen molar-refractivity contribution in [3.05, 3.63) is 54.4 Å². The van der Waals surface area contributed by atoms with Crippen molar-refractivity contribution in [1.82, 2.24) is 20.1 Å². The van der Waals surface area contributed by atoms with Crippen LogP contribution in [0.4, 0.5) is 4.39 Å². The molecule has 0 aliphatic carbocycles. The van der Waals surface area contributed by atoms with Crippen LogP contribution in [0.15, 0.2) is 36.9 Å². The first kappa shape index (κ1) is 20.2. The van der Waals surface area contributed by atoms with Crippen LogP contribution < -0.4 is 5.32 Å². The highest BCUT2D eigenvalue weighted by atomic mass is 19.1. The molecule has 9 heteroatoms. The Kier molecular flexibility index (Phi) is 6.78. The van der Waals surface area contributed by atoms with Crippen molar-refractivity contribution in [1.29, 1.82) is 0 Å². The van der Waals surface area contributed by atoms with Gasteiger partial charge in [-0.2, -0.15) is 0 Å². The highest BCUT2D eigenvalue weighted by Crippen LogP contribution is 2.19. The molecule has 0 bridgehead atoms. The van der Waals surface area contributed by atoms with E-state index >= 15 is 0 Å². The zero-order valence-electron chi connectivity index (χ0n) is 15.1. The molecule has 1 unspecified atom stereocenters. The van der Waals surface area contributed by atoms with Gasteiger partial charge in [-0.3, -0.25) is 4.79 Å². The van der Waals surface area contributed by atoms with Crippen molar-refractivity contribution in [2.45, 2.75) is 25.8 Å². The first-order chi connectivity index (χ1) is 12.8. The second kappa shape index (κ2) is 9.04. The summed E-state index contributed by atoms with van der Waals surface area (Å²) in [6.45, 7) is 7.03. The fraction of sp³-hybridized carbons (Fsp3) is 0.333. The van der Waals surface area contributed by atoms with Gasteiger partial charge in [0.25, 0.3) is 5.91 Å². The molecular weight excluding hydrogens is 355 g/mol.